The van der Waals surface area contributed by atoms with Gasteiger partial charge in [-0.1, -0.05) is 0 Å². The number of hydrogen-bond acceptors (Lipinski definition) is 3. The molecular formula is C13H15BrN2O. The van der Waals surface area contributed by atoms with Crippen molar-refractivity contribution >= 4 is 15.9 Å². The third-order valence-electron chi connectivity index (χ3n) is 3.05. The van der Waals surface area contributed by atoms with Crippen molar-refractivity contribution in [2.24, 2.45) is 5.92 Å². The zero-order valence-electron chi connectivity index (χ0n) is 9.74. The number of ether oxygens (including phenoxy) is 1. The van der Waals surface area contributed by atoms with Crippen LogP contribution in [0.15, 0.2) is 22.7 Å². The molecular weight excluding hydrogens is 280 g/mol. The van der Waals surface area contributed by atoms with Crippen molar-refractivity contribution in [3.8, 4) is 11.8 Å². The molecule has 0 amide bonds. The smallest absolute Gasteiger partial charge is 0.120 e. The maximum atomic E-state index is 8.81. The Labute approximate surface area is 110 Å². The van der Waals surface area contributed by atoms with Gasteiger partial charge in [-0.25, -0.2) is 0 Å². The number of benzene rings is 1. The first-order valence-corrected chi connectivity index (χ1v) is 6.53. The van der Waals surface area contributed by atoms with Crippen LogP contribution in [0.3, 0.4) is 0 Å². The van der Waals surface area contributed by atoms with E-state index < -0.39 is 0 Å². The summed E-state index contributed by atoms with van der Waals surface area (Å²) in [5.74, 6) is 1.58. The molecule has 1 aromatic carbocycles. The van der Waals surface area contributed by atoms with Gasteiger partial charge in [0, 0.05) is 4.47 Å². The Morgan fingerprint density at radius 2 is 2.29 bits per heavy atom. The molecule has 0 radical (unpaired) electrons. The summed E-state index contributed by atoms with van der Waals surface area (Å²) < 4.78 is 6.64. The molecule has 0 unspecified atom stereocenters. The molecule has 0 saturated heterocycles. The molecule has 1 aliphatic rings. The quantitative estimate of drug-likeness (QED) is 0.929. The van der Waals surface area contributed by atoms with Crippen molar-refractivity contribution in [1.29, 1.82) is 5.26 Å². The van der Waals surface area contributed by atoms with Crippen LogP contribution in [0.4, 0.5) is 0 Å². The minimum atomic E-state index is 0.327. The van der Waals surface area contributed by atoms with Crippen LogP contribution in [0, 0.1) is 17.2 Å². The fourth-order valence-electron chi connectivity index (χ4n) is 2.08. The average molecular weight is 295 g/mol. The SMILES string of the molecule is CNCC1CC(Oc2ccc(C#N)c(Br)c2)C1. The fraction of sp³-hybridized carbons (Fsp3) is 0.462. The highest BCUT2D eigenvalue weighted by atomic mass is 79.9. The van der Waals surface area contributed by atoms with E-state index in [0.717, 1.165) is 35.5 Å². The lowest BCUT2D eigenvalue weighted by Crippen LogP contribution is -2.38. The van der Waals surface area contributed by atoms with Gasteiger partial charge >= 0.3 is 0 Å². The van der Waals surface area contributed by atoms with Crippen LogP contribution in [-0.2, 0) is 0 Å². The molecule has 1 aromatic rings. The van der Waals surface area contributed by atoms with Crippen molar-refractivity contribution in [3.63, 3.8) is 0 Å². The third kappa shape index (κ3) is 2.99. The highest BCUT2D eigenvalue weighted by Gasteiger charge is 2.30. The number of halogens is 1. The molecule has 0 spiro atoms. The van der Waals surface area contributed by atoms with Crippen LogP contribution in [0.2, 0.25) is 0 Å². The minimum Gasteiger partial charge on any atom is -0.490 e. The third-order valence-corrected chi connectivity index (χ3v) is 3.71. The van der Waals surface area contributed by atoms with Gasteiger partial charge in [0.05, 0.1) is 11.7 Å². The Balaban J connectivity index is 1.89. The molecule has 90 valence electrons. The topological polar surface area (TPSA) is 45.0 Å². The predicted molar refractivity (Wildman–Crippen MR) is 69.9 cm³/mol. The molecule has 1 saturated carbocycles. The first kappa shape index (κ1) is 12.4. The van der Waals surface area contributed by atoms with Gasteiger partial charge in [0.15, 0.2) is 0 Å². The highest BCUT2D eigenvalue weighted by Crippen LogP contribution is 2.32. The lowest BCUT2D eigenvalue weighted by Gasteiger charge is -2.35. The van der Waals surface area contributed by atoms with Crippen molar-refractivity contribution in [2.45, 2.75) is 18.9 Å². The summed E-state index contributed by atoms with van der Waals surface area (Å²) in [6, 6.07) is 7.62. The Kier molecular flexibility index (Phi) is 4.03. The number of nitrogens with zero attached hydrogens (tertiary/aromatic N) is 1. The largest absolute Gasteiger partial charge is 0.490 e. The normalized spacial score (nSPS) is 22.6. The summed E-state index contributed by atoms with van der Waals surface area (Å²) in [5, 5.41) is 12.0. The fourth-order valence-corrected chi connectivity index (χ4v) is 2.52. The van der Waals surface area contributed by atoms with E-state index in [-0.39, 0.29) is 0 Å². The Morgan fingerprint density at radius 3 is 2.88 bits per heavy atom. The summed E-state index contributed by atoms with van der Waals surface area (Å²) in [6.45, 7) is 1.07. The van der Waals surface area contributed by atoms with Crippen molar-refractivity contribution in [1.82, 2.24) is 5.32 Å². The van der Waals surface area contributed by atoms with Crippen molar-refractivity contribution in [3.05, 3.63) is 28.2 Å². The summed E-state index contributed by atoms with van der Waals surface area (Å²) in [6.07, 6.45) is 2.55. The van der Waals surface area contributed by atoms with Crippen molar-refractivity contribution in [2.75, 3.05) is 13.6 Å². The minimum absolute atomic E-state index is 0.327. The van der Waals surface area contributed by atoms with Gasteiger partial charge in [-0.15, -0.1) is 0 Å². The molecule has 4 heteroatoms. The molecule has 2 rings (SSSR count). The van der Waals surface area contributed by atoms with E-state index in [1.807, 2.05) is 19.2 Å². The number of hydrogen-bond donors (Lipinski definition) is 1. The van der Waals surface area contributed by atoms with E-state index in [1.54, 1.807) is 6.07 Å². The Bertz CT molecular complexity index is 436. The molecule has 0 atom stereocenters. The molecule has 0 aliphatic heterocycles. The summed E-state index contributed by atoms with van der Waals surface area (Å²) in [5.41, 5.74) is 0.638. The van der Waals surface area contributed by atoms with Crippen LogP contribution in [0.1, 0.15) is 18.4 Å². The van der Waals surface area contributed by atoms with Gasteiger partial charge in [-0.2, -0.15) is 5.26 Å². The number of nitrogens with one attached hydrogen (secondary N) is 1. The number of rotatable bonds is 4. The predicted octanol–water partition coefficient (Wildman–Crippen LogP) is 2.70. The number of nitriles is 1. The van der Waals surface area contributed by atoms with Gasteiger partial charge in [0.25, 0.3) is 0 Å². The van der Waals surface area contributed by atoms with E-state index in [1.165, 1.54) is 0 Å². The second kappa shape index (κ2) is 5.52. The Hall–Kier alpha value is -1.05. The van der Waals surface area contributed by atoms with Crippen molar-refractivity contribution < 1.29 is 4.74 Å². The van der Waals surface area contributed by atoms with Crippen LogP contribution in [0.25, 0.3) is 0 Å². The van der Waals surface area contributed by atoms with E-state index >= 15 is 0 Å². The average Bonchev–Trinajstić information content (AvgIpc) is 2.26. The van der Waals surface area contributed by atoms with Crippen LogP contribution in [-0.4, -0.2) is 19.7 Å². The molecule has 1 aliphatic carbocycles. The van der Waals surface area contributed by atoms with Crippen LogP contribution < -0.4 is 10.1 Å². The lowest BCUT2D eigenvalue weighted by atomic mass is 9.82. The second-order valence-corrected chi connectivity index (χ2v) is 5.24. The first-order valence-electron chi connectivity index (χ1n) is 5.74. The maximum absolute atomic E-state index is 8.81. The van der Waals surface area contributed by atoms with E-state index in [4.69, 9.17) is 10.00 Å². The van der Waals surface area contributed by atoms with Crippen LogP contribution in [0.5, 0.6) is 5.75 Å². The molecule has 1 fully saturated rings. The summed E-state index contributed by atoms with van der Waals surface area (Å²) in [7, 11) is 1.98. The Morgan fingerprint density at radius 1 is 1.53 bits per heavy atom. The van der Waals surface area contributed by atoms with E-state index in [9.17, 15) is 0 Å². The molecule has 0 heterocycles. The molecule has 3 nitrogen and oxygen atoms in total. The second-order valence-electron chi connectivity index (χ2n) is 4.39. The van der Waals surface area contributed by atoms with Gasteiger partial charge in [0.2, 0.25) is 0 Å². The zero-order chi connectivity index (χ0) is 12.3. The van der Waals surface area contributed by atoms with Crippen LogP contribution >= 0.6 is 15.9 Å². The summed E-state index contributed by atoms with van der Waals surface area (Å²) in [4.78, 5) is 0. The van der Waals surface area contributed by atoms with E-state index in [0.29, 0.717) is 11.7 Å². The standard InChI is InChI=1S/C13H15BrN2O/c1-16-8-9-4-12(5-9)17-11-3-2-10(7-15)13(14)6-11/h2-3,6,9,12,16H,4-5,8H2,1H3. The highest BCUT2D eigenvalue weighted by molar-refractivity contribution is 9.10. The van der Waals surface area contributed by atoms with Gasteiger partial charge in [0.1, 0.15) is 11.8 Å². The van der Waals surface area contributed by atoms with Gasteiger partial charge in [-0.3, -0.25) is 0 Å². The monoisotopic (exact) mass is 294 g/mol. The van der Waals surface area contributed by atoms with Gasteiger partial charge < -0.3 is 10.1 Å². The van der Waals surface area contributed by atoms with E-state index in [2.05, 4.69) is 27.3 Å². The zero-order valence-corrected chi connectivity index (χ0v) is 11.3. The molecule has 0 bridgehead atoms. The molecule has 0 aromatic heterocycles. The lowest BCUT2D eigenvalue weighted by molar-refractivity contribution is 0.0657. The van der Waals surface area contributed by atoms with Gasteiger partial charge in [-0.05, 0) is 66.5 Å². The molecule has 1 N–H and O–H groups in total. The molecule has 17 heavy (non-hydrogen) atoms. The maximum Gasteiger partial charge on any atom is 0.120 e. The summed E-state index contributed by atoms with van der Waals surface area (Å²) >= 11 is 3.36. The first-order chi connectivity index (χ1) is 8.22.